The van der Waals surface area contributed by atoms with E-state index in [1.807, 2.05) is 26.0 Å². The Bertz CT molecular complexity index is 606. The third kappa shape index (κ3) is 3.86. The Labute approximate surface area is 124 Å². The van der Waals surface area contributed by atoms with Crippen molar-refractivity contribution in [2.75, 3.05) is 0 Å². The van der Waals surface area contributed by atoms with E-state index in [1.165, 1.54) is 29.3 Å². The van der Waals surface area contributed by atoms with Crippen LogP contribution in [0.1, 0.15) is 22.3 Å². The van der Waals surface area contributed by atoms with Crippen LogP contribution >= 0.6 is 0 Å². The Morgan fingerprint density at radius 3 is 2.24 bits per heavy atom. The van der Waals surface area contributed by atoms with E-state index in [9.17, 15) is 8.78 Å². The Morgan fingerprint density at radius 1 is 1.00 bits per heavy atom. The topological polar surface area (TPSA) is 38.0 Å². The minimum atomic E-state index is -0.532. The fraction of sp³-hybridized carbons (Fsp3) is 0.294. The number of hydrazine groups is 1. The summed E-state index contributed by atoms with van der Waals surface area (Å²) in [4.78, 5) is 0. The number of hydrogen-bond acceptors (Lipinski definition) is 2. The molecule has 21 heavy (non-hydrogen) atoms. The van der Waals surface area contributed by atoms with Gasteiger partial charge in [0.2, 0.25) is 0 Å². The molecule has 2 aromatic carbocycles. The van der Waals surface area contributed by atoms with Gasteiger partial charge in [-0.05, 0) is 55.5 Å². The SMILES string of the molecule is Cc1ccc(CC(Cc2c(F)cccc2F)NN)cc1C. The number of aryl methyl sites for hydroxylation is 2. The summed E-state index contributed by atoms with van der Waals surface area (Å²) in [6.45, 7) is 4.09. The second-order valence-corrected chi connectivity index (χ2v) is 5.39. The quantitative estimate of drug-likeness (QED) is 0.655. The average Bonchev–Trinajstić information content (AvgIpc) is 2.45. The largest absolute Gasteiger partial charge is 0.271 e. The first kappa shape index (κ1) is 15.6. The highest BCUT2D eigenvalue weighted by Gasteiger charge is 2.15. The van der Waals surface area contributed by atoms with Crippen LogP contribution in [0.2, 0.25) is 0 Å². The molecular formula is C17H20F2N2. The van der Waals surface area contributed by atoms with Gasteiger partial charge in [0.1, 0.15) is 11.6 Å². The van der Waals surface area contributed by atoms with E-state index in [0.717, 1.165) is 5.56 Å². The van der Waals surface area contributed by atoms with Gasteiger partial charge in [-0.2, -0.15) is 0 Å². The molecule has 4 heteroatoms. The summed E-state index contributed by atoms with van der Waals surface area (Å²) in [7, 11) is 0. The lowest BCUT2D eigenvalue weighted by Crippen LogP contribution is -2.38. The maximum absolute atomic E-state index is 13.7. The highest BCUT2D eigenvalue weighted by Crippen LogP contribution is 2.17. The average molecular weight is 290 g/mol. The van der Waals surface area contributed by atoms with Crippen LogP contribution in [0.4, 0.5) is 8.78 Å². The van der Waals surface area contributed by atoms with Crippen molar-refractivity contribution in [2.45, 2.75) is 32.7 Å². The van der Waals surface area contributed by atoms with Crippen molar-refractivity contribution in [2.24, 2.45) is 5.84 Å². The van der Waals surface area contributed by atoms with Crippen molar-refractivity contribution < 1.29 is 8.78 Å². The number of benzene rings is 2. The lowest BCUT2D eigenvalue weighted by Gasteiger charge is -2.17. The number of hydrogen-bond donors (Lipinski definition) is 2. The lowest BCUT2D eigenvalue weighted by atomic mass is 9.96. The standard InChI is InChI=1S/C17H20F2N2/c1-11-6-7-13(8-12(11)2)9-14(21-20)10-15-16(18)4-3-5-17(15)19/h3-8,14,21H,9-10,20H2,1-2H3. The van der Waals surface area contributed by atoms with Gasteiger partial charge in [-0.25, -0.2) is 8.78 Å². The molecule has 2 rings (SSSR count). The first-order valence-electron chi connectivity index (χ1n) is 6.96. The van der Waals surface area contributed by atoms with Crippen molar-refractivity contribution >= 4 is 0 Å². The van der Waals surface area contributed by atoms with Crippen molar-refractivity contribution in [3.8, 4) is 0 Å². The first-order valence-corrected chi connectivity index (χ1v) is 6.96. The fourth-order valence-corrected chi connectivity index (χ4v) is 2.38. The van der Waals surface area contributed by atoms with E-state index in [-0.39, 0.29) is 18.0 Å². The van der Waals surface area contributed by atoms with Crippen LogP contribution in [0.3, 0.4) is 0 Å². The van der Waals surface area contributed by atoms with Gasteiger partial charge in [0.25, 0.3) is 0 Å². The lowest BCUT2D eigenvalue weighted by molar-refractivity contribution is 0.484. The van der Waals surface area contributed by atoms with Gasteiger partial charge >= 0.3 is 0 Å². The van der Waals surface area contributed by atoms with Crippen LogP contribution in [-0.2, 0) is 12.8 Å². The molecule has 0 aliphatic rings. The Morgan fingerprint density at radius 2 is 1.67 bits per heavy atom. The third-order valence-electron chi connectivity index (χ3n) is 3.80. The minimum Gasteiger partial charge on any atom is -0.271 e. The zero-order chi connectivity index (χ0) is 15.4. The molecule has 2 nitrogen and oxygen atoms in total. The maximum atomic E-state index is 13.7. The maximum Gasteiger partial charge on any atom is 0.129 e. The van der Waals surface area contributed by atoms with Gasteiger partial charge in [0.15, 0.2) is 0 Å². The predicted molar refractivity (Wildman–Crippen MR) is 80.8 cm³/mol. The van der Waals surface area contributed by atoms with Gasteiger partial charge in [0.05, 0.1) is 0 Å². The molecule has 2 aromatic rings. The number of halogens is 2. The van der Waals surface area contributed by atoms with Crippen molar-refractivity contribution in [3.63, 3.8) is 0 Å². The first-order chi connectivity index (χ1) is 10.0. The molecule has 112 valence electrons. The molecule has 3 N–H and O–H groups in total. The van der Waals surface area contributed by atoms with Crippen molar-refractivity contribution in [1.82, 2.24) is 5.43 Å². The summed E-state index contributed by atoms with van der Waals surface area (Å²) in [5.74, 6) is 4.48. The Hall–Kier alpha value is -1.78. The van der Waals surface area contributed by atoms with Crippen LogP contribution in [-0.4, -0.2) is 6.04 Å². The van der Waals surface area contributed by atoms with Gasteiger partial charge in [-0.15, -0.1) is 0 Å². The molecule has 0 radical (unpaired) electrons. The third-order valence-corrected chi connectivity index (χ3v) is 3.80. The molecule has 0 aromatic heterocycles. The molecule has 0 amide bonds. The van der Waals surface area contributed by atoms with E-state index in [1.54, 1.807) is 0 Å². The van der Waals surface area contributed by atoms with E-state index in [4.69, 9.17) is 5.84 Å². The second-order valence-electron chi connectivity index (χ2n) is 5.39. The Balaban J connectivity index is 2.15. The molecule has 0 bridgehead atoms. The molecule has 1 unspecified atom stereocenters. The van der Waals surface area contributed by atoms with Gasteiger partial charge in [-0.1, -0.05) is 24.3 Å². The molecule has 0 heterocycles. The van der Waals surface area contributed by atoms with E-state index < -0.39 is 11.6 Å². The summed E-state index contributed by atoms with van der Waals surface area (Å²) in [6, 6.07) is 9.81. The van der Waals surface area contributed by atoms with Crippen LogP contribution in [0, 0.1) is 25.5 Å². The van der Waals surface area contributed by atoms with Crippen molar-refractivity contribution in [3.05, 3.63) is 70.3 Å². The molecule has 0 aliphatic carbocycles. The second kappa shape index (κ2) is 6.78. The molecule has 0 aliphatic heterocycles. The Kier molecular flexibility index (Phi) is 5.04. The van der Waals surface area contributed by atoms with E-state index >= 15 is 0 Å². The highest BCUT2D eigenvalue weighted by molar-refractivity contribution is 5.31. The molecule has 0 saturated carbocycles. The molecule has 0 spiro atoms. The number of nitrogens with one attached hydrogen (secondary N) is 1. The molecular weight excluding hydrogens is 270 g/mol. The zero-order valence-electron chi connectivity index (χ0n) is 12.3. The van der Waals surface area contributed by atoms with Crippen LogP contribution < -0.4 is 11.3 Å². The summed E-state index contributed by atoms with van der Waals surface area (Å²) >= 11 is 0. The predicted octanol–water partition coefficient (Wildman–Crippen LogP) is 3.20. The smallest absolute Gasteiger partial charge is 0.129 e. The summed E-state index contributed by atoms with van der Waals surface area (Å²) in [6.07, 6.45) is 0.827. The van der Waals surface area contributed by atoms with Gasteiger partial charge in [-0.3, -0.25) is 11.3 Å². The highest BCUT2D eigenvalue weighted by atomic mass is 19.1. The van der Waals surface area contributed by atoms with Gasteiger partial charge in [0, 0.05) is 11.6 Å². The minimum absolute atomic E-state index is 0.0734. The normalized spacial score (nSPS) is 12.4. The van der Waals surface area contributed by atoms with Gasteiger partial charge < -0.3 is 0 Å². The molecule has 0 saturated heterocycles. The van der Waals surface area contributed by atoms with Crippen LogP contribution in [0.25, 0.3) is 0 Å². The fourth-order valence-electron chi connectivity index (χ4n) is 2.38. The summed E-state index contributed by atoms with van der Waals surface area (Å²) < 4.78 is 27.4. The molecule has 1 atom stereocenters. The summed E-state index contributed by atoms with van der Waals surface area (Å²) in [5.41, 5.74) is 6.24. The number of nitrogens with two attached hydrogens (primary N) is 1. The molecule has 0 fully saturated rings. The van der Waals surface area contributed by atoms with Crippen LogP contribution in [0.5, 0.6) is 0 Å². The summed E-state index contributed by atoms with van der Waals surface area (Å²) in [5, 5.41) is 0. The van der Waals surface area contributed by atoms with Crippen LogP contribution in [0.15, 0.2) is 36.4 Å². The van der Waals surface area contributed by atoms with E-state index in [2.05, 4.69) is 11.5 Å². The van der Waals surface area contributed by atoms with E-state index in [0.29, 0.717) is 6.42 Å². The zero-order valence-corrected chi connectivity index (χ0v) is 12.3. The number of rotatable bonds is 5. The monoisotopic (exact) mass is 290 g/mol. The van der Waals surface area contributed by atoms with Crippen molar-refractivity contribution in [1.29, 1.82) is 0 Å².